The molecule has 0 radical (unpaired) electrons. The zero-order valence-electron chi connectivity index (χ0n) is 9.79. The average Bonchev–Trinajstić information content (AvgIpc) is 2.31. The molecule has 1 unspecified atom stereocenters. The van der Waals surface area contributed by atoms with Gasteiger partial charge in [-0.3, -0.25) is 4.79 Å². The van der Waals surface area contributed by atoms with Gasteiger partial charge in [0.25, 0.3) is 0 Å². The van der Waals surface area contributed by atoms with E-state index in [1.165, 1.54) is 0 Å². The summed E-state index contributed by atoms with van der Waals surface area (Å²) in [6.45, 7) is 9.30. The lowest BCUT2D eigenvalue weighted by Crippen LogP contribution is -2.43. The van der Waals surface area contributed by atoms with Gasteiger partial charge in [0.15, 0.2) is 5.78 Å². The van der Waals surface area contributed by atoms with Crippen LogP contribution in [0.2, 0.25) is 0 Å². The minimum Gasteiger partial charge on any atom is -0.368 e. The molecule has 15 heavy (non-hydrogen) atoms. The Labute approximate surface area is 92.0 Å². The van der Waals surface area contributed by atoms with Gasteiger partial charge < -0.3 is 15.0 Å². The molecular weight excluding hydrogens is 192 g/mol. The molecule has 0 aromatic rings. The number of rotatable bonds is 6. The number of ether oxygens (including phenoxy) is 1. The van der Waals surface area contributed by atoms with Crippen molar-refractivity contribution in [1.29, 1.82) is 0 Å². The van der Waals surface area contributed by atoms with E-state index < -0.39 is 0 Å². The first-order valence-corrected chi connectivity index (χ1v) is 5.85. The van der Waals surface area contributed by atoms with Crippen molar-refractivity contribution in [3.63, 3.8) is 0 Å². The standard InChI is InChI=1S/C11H22N2O2/c1-3-13(4-2)7-5-10(14)11-9-12-6-8-15-11/h11-12H,3-9H2,1-2H3. The van der Waals surface area contributed by atoms with Gasteiger partial charge in [-0.25, -0.2) is 0 Å². The van der Waals surface area contributed by atoms with Gasteiger partial charge in [0.1, 0.15) is 6.10 Å². The van der Waals surface area contributed by atoms with Crippen LogP contribution in [0.25, 0.3) is 0 Å². The molecule has 1 saturated heterocycles. The fraction of sp³-hybridized carbons (Fsp3) is 0.909. The Kier molecular flexibility index (Phi) is 5.83. The smallest absolute Gasteiger partial charge is 0.164 e. The molecule has 1 heterocycles. The van der Waals surface area contributed by atoms with Crippen molar-refractivity contribution in [3.05, 3.63) is 0 Å². The number of Topliss-reactive ketones (excluding diaryl/α,β-unsaturated/α-hetero) is 1. The Hall–Kier alpha value is -0.450. The number of hydrogen-bond acceptors (Lipinski definition) is 4. The van der Waals surface area contributed by atoms with Gasteiger partial charge in [-0.2, -0.15) is 0 Å². The van der Waals surface area contributed by atoms with Crippen LogP contribution in [0.5, 0.6) is 0 Å². The highest BCUT2D eigenvalue weighted by molar-refractivity contribution is 5.83. The van der Waals surface area contributed by atoms with Gasteiger partial charge in [-0.1, -0.05) is 13.8 Å². The minimum absolute atomic E-state index is 0.214. The fourth-order valence-corrected chi connectivity index (χ4v) is 1.74. The molecule has 0 saturated carbocycles. The molecule has 0 aliphatic carbocycles. The molecule has 1 aliphatic rings. The summed E-state index contributed by atoms with van der Waals surface area (Å²) in [6, 6.07) is 0. The monoisotopic (exact) mass is 214 g/mol. The van der Waals surface area contributed by atoms with Crippen LogP contribution >= 0.6 is 0 Å². The molecule has 1 fully saturated rings. The highest BCUT2D eigenvalue weighted by atomic mass is 16.5. The van der Waals surface area contributed by atoms with Gasteiger partial charge in [-0.15, -0.1) is 0 Å². The fourth-order valence-electron chi connectivity index (χ4n) is 1.74. The Morgan fingerprint density at radius 1 is 1.47 bits per heavy atom. The molecule has 1 aliphatic heterocycles. The molecular formula is C11H22N2O2. The Balaban J connectivity index is 2.22. The second kappa shape index (κ2) is 6.93. The maximum atomic E-state index is 11.7. The van der Waals surface area contributed by atoms with E-state index in [0.717, 1.165) is 26.2 Å². The van der Waals surface area contributed by atoms with Crippen molar-refractivity contribution in [2.24, 2.45) is 0 Å². The van der Waals surface area contributed by atoms with Crippen molar-refractivity contribution in [1.82, 2.24) is 10.2 Å². The van der Waals surface area contributed by atoms with Crippen molar-refractivity contribution in [2.45, 2.75) is 26.4 Å². The average molecular weight is 214 g/mol. The largest absolute Gasteiger partial charge is 0.368 e. The topological polar surface area (TPSA) is 41.6 Å². The van der Waals surface area contributed by atoms with E-state index >= 15 is 0 Å². The SMILES string of the molecule is CCN(CC)CCC(=O)C1CNCCO1. The molecule has 0 aromatic carbocycles. The Morgan fingerprint density at radius 3 is 2.73 bits per heavy atom. The van der Waals surface area contributed by atoms with Crippen LogP contribution in [0.3, 0.4) is 0 Å². The van der Waals surface area contributed by atoms with Crippen LogP contribution in [-0.4, -0.2) is 56.1 Å². The van der Waals surface area contributed by atoms with Crippen LogP contribution in [0.4, 0.5) is 0 Å². The third-order valence-electron chi connectivity index (χ3n) is 2.86. The first-order chi connectivity index (χ1) is 7.27. The molecule has 1 atom stereocenters. The lowest BCUT2D eigenvalue weighted by molar-refractivity contribution is -0.132. The normalized spacial score (nSPS) is 21.9. The molecule has 4 heteroatoms. The first kappa shape index (κ1) is 12.6. The van der Waals surface area contributed by atoms with E-state index in [1.54, 1.807) is 0 Å². The van der Waals surface area contributed by atoms with Gasteiger partial charge >= 0.3 is 0 Å². The second-order valence-electron chi connectivity index (χ2n) is 3.81. The first-order valence-electron chi connectivity index (χ1n) is 5.85. The predicted octanol–water partition coefficient (Wildman–Crippen LogP) is 0.276. The summed E-state index contributed by atoms with van der Waals surface area (Å²) in [5.74, 6) is 0.231. The molecule has 0 bridgehead atoms. The molecule has 88 valence electrons. The number of nitrogens with one attached hydrogen (secondary N) is 1. The van der Waals surface area contributed by atoms with E-state index in [2.05, 4.69) is 24.1 Å². The number of morpholine rings is 1. The molecule has 0 spiro atoms. The van der Waals surface area contributed by atoms with E-state index in [9.17, 15) is 4.79 Å². The van der Waals surface area contributed by atoms with Crippen LogP contribution < -0.4 is 5.32 Å². The predicted molar refractivity (Wildman–Crippen MR) is 60.0 cm³/mol. The number of hydrogen-bond donors (Lipinski definition) is 1. The minimum atomic E-state index is -0.214. The summed E-state index contributed by atoms with van der Waals surface area (Å²) in [5, 5.41) is 3.17. The lowest BCUT2D eigenvalue weighted by Gasteiger charge is -2.24. The van der Waals surface area contributed by atoms with Crippen LogP contribution in [0.15, 0.2) is 0 Å². The Bertz CT molecular complexity index is 187. The van der Waals surface area contributed by atoms with E-state index in [4.69, 9.17) is 4.74 Å². The van der Waals surface area contributed by atoms with Gasteiger partial charge in [-0.05, 0) is 13.1 Å². The van der Waals surface area contributed by atoms with Crippen molar-refractivity contribution >= 4 is 5.78 Å². The van der Waals surface area contributed by atoms with Gasteiger partial charge in [0.2, 0.25) is 0 Å². The second-order valence-corrected chi connectivity index (χ2v) is 3.81. The van der Waals surface area contributed by atoms with Crippen molar-refractivity contribution in [3.8, 4) is 0 Å². The third-order valence-corrected chi connectivity index (χ3v) is 2.86. The zero-order valence-corrected chi connectivity index (χ0v) is 9.79. The Morgan fingerprint density at radius 2 is 2.20 bits per heavy atom. The summed E-state index contributed by atoms with van der Waals surface area (Å²) in [7, 11) is 0. The molecule has 0 amide bonds. The quantitative estimate of drug-likeness (QED) is 0.689. The maximum absolute atomic E-state index is 11.7. The summed E-state index contributed by atoms with van der Waals surface area (Å²) < 4.78 is 5.41. The molecule has 1 N–H and O–H groups in total. The third kappa shape index (κ3) is 4.28. The number of carbonyl (C=O) groups is 1. The highest BCUT2D eigenvalue weighted by Gasteiger charge is 2.21. The van der Waals surface area contributed by atoms with Crippen LogP contribution in [-0.2, 0) is 9.53 Å². The lowest BCUT2D eigenvalue weighted by atomic mass is 10.1. The van der Waals surface area contributed by atoms with Crippen molar-refractivity contribution in [2.75, 3.05) is 39.3 Å². The van der Waals surface area contributed by atoms with Crippen LogP contribution in [0.1, 0.15) is 20.3 Å². The number of ketones is 1. The maximum Gasteiger partial charge on any atom is 0.164 e. The summed E-state index contributed by atoms with van der Waals surface area (Å²) in [5.41, 5.74) is 0. The zero-order chi connectivity index (χ0) is 11.1. The molecule has 0 aromatic heterocycles. The van der Waals surface area contributed by atoms with E-state index in [0.29, 0.717) is 19.6 Å². The summed E-state index contributed by atoms with van der Waals surface area (Å²) in [6.07, 6.45) is 0.392. The molecule has 4 nitrogen and oxygen atoms in total. The number of nitrogens with zero attached hydrogens (tertiary/aromatic N) is 1. The van der Waals surface area contributed by atoms with E-state index in [1.807, 2.05) is 0 Å². The van der Waals surface area contributed by atoms with Crippen molar-refractivity contribution < 1.29 is 9.53 Å². The van der Waals surface area contributed by atoms with Gasteiger partial charge in [0.05, 0.1) is 6.61 Å². The van der Waals surface area contributed by atoms with E-state index in [-0.39, 0.29) is 11.9 Å². The van der Waals surface area contributed by atoms with Crippen LogP contribution in [0, 0.1) is 0 Å². The van der Waals surface area contributed by atoms with Gasteiger partial charge in [0, 0.05) is 26.1 Å². The molecule has 1 rings (SSSR count). The highest BCUT2D eigenvalue weighted by Crippen LogP contribution is 2.02. The summed E-state index contributed by atoms with van der Waals surface area (Å²) in [4.78, 5) is 14.0. The number of carbonyl (C=O) groups excluding carboxylic acids is 1. The summed E-state index contributed by atoms with van der Waals surface area (Å²) >= 11 is 0.